The molecule has 1 heterocycles. The predicted molar refractivity (Wildman–Crippen MR) is 69.5 cm³/mol. The van der Waals surface area contributed by atoms with Gasteiger partial charge < -0.3 is 15.8 Å². The van der Waals surface area contributed by atoms with Gasteiger partial charge in [0.2, 0.25) is 10.0 Å². The second kappa shape index (κ2) is 7.67. The maximum atomic E-state index is 11.0. The van der Waals surface area contributed by atoms with E-state index in [1.54, 1.807) is 0 Å². The molecule has 8 heteroatoms. The number of carbonyl (C=O) groups excluding carboxylic acids is 1. The number of rotatable bonds is 5. The Labute approximate surface area is 108 Å². The third-order valence-electron chi connectivity index (χ3n) is 1.92. The molecule has 1 aliphatic heterocycles. The standard InChI is InChI=1S/C5H13N3O2S.C5H10O2/c6-1-2-11(9,10)8-5-3-7-4-5;1-5(2,3)7-4-6/h5,7-8H,1-4,6H2;4H,1-3H3. The summed E-state index contributed by atoms with van der Waals surface area (Å²) in [6.07, 6.45) is 0. The van der Waals surface area contributed by atoms with Crippen LogP contribution in [0.1, 0.15) is 20.8 Å². The van der Waals surface area contributed by atoms with E-state index in [0.717, 1.165) is 13.1 Å². The zero-order valence-electron chi connectivity index (χ0n) is 11.1. The maximum Gasteiger partial charge on any atom is 0.293 e. The van der Waals surface area contributed by atoms with E-state index in [4.69, 9.17) is 5.73 Å². The number of carbonyl (C=O) groups is 1. The molecule has 18 heavy (non-hydrogen) atoms. The van der Waals surface area contributed by atoms with Gasteiger partial charge in [-0.25, -0.2) is 13.1 Å². The lowest BCUT2D eigenvalue weighted by Gasteiger charge is -2.27. The molecule has 4 N–H and O–H groups in total. The second-order valence-corrected chi connectivity index (χ2v) is 6.78. The van der Waals surface area contributed by atoms with Crippen molar-refractivity contribution < 1.29 is 17.9 Å². The van der Waals surface area contributed by atoms with Crippen LogP contribution in [0, 0.1) is 0 Å². The second-order valence-electron chi connectivity index (χ2n) is 4.91. The molecule has 0 unspecified atom stereocenters. The van der Waals surface area contributed by atoms with E-state index in [1.807, 2.05) is 20.8 Å². The molecular formula is C10H23N3O4S. The van der Waals surface area contributed by atoms with Crippen molar-refractivity contribution in [3.63, 3.8) is 0 Å². The Morgan fingerprint density at radius 1 is 1.44 bits per heavy atom. The third-order valence-corrected chi connectivity index (χ3v) is 3.38. The zero-order valence-corrected chi connectivity index (χ0v) is 11.9. The van der Waals surface area contributed by atoms with Crippen molar-refractivity contribution in [2.24, 2.45) is 5.73 Å². The molecule has 0 bridgehead atoms. The molecule has 1 fully saturated rings. The van der Waals surface area contributed by atoms with Crippen LogP contribution in [-0.4, -0.2) is 51.9 Å². The maximum absolute atomic E-state index is 11.0. The fourth-order valence-electron chi connectivity index (χ4n) is 0.984. The lowest BCUT2D eigenvalue weighted by atomic mass is 10.2. The summed E-state index contributed by atoms with van der Waals surface area (Å²) >= 11 is 0. The Morgan fingerprint density at radius 2 is 2.00 bits per heavy atom. The first-order chi connectivity index (χ1) is 8.20. The highest BCUT2D eigenvalue weighted by molar-refractivity contribution is 7.89. The van der Waals surface area contributed by atoms with Gasteiger partial charge in [0.1, 0.15) is 5.60 Å². The van der Waals surface area contributed by atoms with E-state index in [9.17, 15) is 13.2 Å². The number of sulfonamides is 1. The molecule has 108 valence electrons. The normalized spacial score (nSPS) is 16.2. The van der Waals surface area contributed by atoms with E-state index >= 15 is 0 Å². The SMILES string of the molecule is CC(C)(C)OC=O.NCCS(=O)(=O)NC1CNC1. The number of hydrogen-bond donors (Lipinski definition) is 3. The summed E-state index contributed by atoms with van der Waals surface area (Å²) in [7, 11) is -3.11. The van der Waals surface area contributed by atoms with Gasteiger partial charge in [-0.1, -0.05) is 0 Å². The van der Waals surface area contributed by atoms with Gasteiger partial charge in [0, 0.05) is 25.7 Å². The Morgan fingerprint density at radius 3 is 2.22 bits per heavy atom. The van der Waals surface area contributed by atoms with Crippen LogP contribution in [0.3, 0.4) is 0 Å². The van der Waals surface area contributed by atoms with Crippen molar-refractivity contribution >= 4 is 16.5 Å². The lowest BCUT2D eigenvalue weighted by molar-refractivity contribution is -0.138. The average Bonchev–Trinajstić information content (AvgIpc) is 2.11. The van der Waals surface area contributed by atoms with Crippen LogP contribution in [0.15, 0.2) is 0 Å². The van der Waals surface area contributed by atoms with Crippen molar-refractivity contribution in [1.29, 1.82) is 0 Å². The van der Waals surface area contributed by atoms with E-state index in [0.29, 0.717) is 6.47 Å². The molecule has 7 nitrogen and oxygen atoms in total. The smallest absolute Gasteiger partial charge is 0.293 e. The Bertz CT molecular complexity index is 334. The topological polar surface area (TPSA) is 111 Å². The summed E-state index contributed by atoms with van der Waals surface area (Å²) < 4.78 is 29.1. The van der Waals surface area contributed by atoms with E-state index in [1.165, 1.54) is 0 Å². The summed E-state index contributed by atoms with van der Waals surface area (Å²) in [4.78, 5) is 9.60. The minimum atomic E-state index is -3.11. The molecule has 0 spiro atoms. The number of hydrogen-bond acceptors (Lipinski definition) is 6. The van der Waals surface area contributed by atoms with Gasteiger partial charge in [0.25, 0.3) is 6.47 Å². The van der Waals surface area contributed by atoms with Gasteiger partial charge in [-0.2, -0.15) is 0 Å². The minimum Gasteiger partial charge on any atom is -0.462 e. The van der Waals surface area contributed by atoms with Crippen LogP contribution < -0.4 is 15.8 Å². The van der Waals surface area contributed by atoms with Gasteiger partial charge in [-0.15, -0.1) is 0 Å². The summed E-state index contributed by atoms with van der Waals surface area (Å²) in [6.45, 7) is 7.55. The summed E-state index contributed by atoms with van der Waals surface area (Å²) in [5, 5.41) is 2.97. The zero-order chi connectivity index (χ0) is 14.2. The molecule has 0 aromatic carbocycles. The highest BCUT2D eigenvalue weighted by Gasteiger charge is 2.21. The van der Waals surface area contributed by atoms with Gasteiger partial charge >= 0.3 is 0 Å². The van der Waals surface area contributed by atoms with E-state index in [2.05, 4.69) is 14.8 Å². The first-order valence-corrected chi connectivity index (χ1v) is 7.37. The molecule has 0 aliphatic carbocycles. The van der Waals surface area contributed by atoms with Crippen LogP contribution in [0.2, 0.25) is 0 Å². The van der Waals surface area contributed by atoms with E-state index in [-0.39, 0.29) is 23.9 Å². The minimum absolute atomic E-state index is 0.0174. The molecule has 1 saturated heterocycles. The lowest BCUT2D eigenvalue weighted by Crippen LogP contribution is -2.57. The Hall–Kier alpha value is -0.700. The van der Waals surface area contributed by atoms with Crippen molar-refractivity contribution in [2.45, 2.75) is 32.4 Å². The summed E-state index contributed by atoms with van der Waals surface area (Å²) in [6, 6.07) is 0.0755. The monoisotopic (exact) mass is 281 g/mol. The number of nitrogens with two attached hydrogens (primary N) is 1. The molecule has 0 radical (unpaired) electrons. The van der Waals surface area contributed by atoms with Gasteiger partial charge in [0.15, 0.2) is 0 Å². The quantitative estimate of drug-likeness (QED) is 0.546. The molecule has 1 rings (SSSR count). The fourth-order valence-corrected chi connectivity index (χ4v) is 2.09. The molecule has 0 atom stereocenters. The summed E-state index contributed by atoms with van der Waals surface area (Å²) in [5.41, 5.74) is 4.80. The van der Waals surface area contributed by atoms with Crippen molar-refractivity contribution in [3.8, 4) is 0 Å². The molecule has 1 aliphatic rings. The Balaban J connectivity index is 0.000000360. The number of ether oxygens (including phenoxy) is 1. The largest absolute Gasteiger partial charge is 0.462 e. The van der Waals surface area contributed by atoms with Gasteiger partial charge in [-0.3, -0.25) is 4.79 Å². The predicted octanol–water partition coefficient (Wildman–Crippen LogP) is -1.21. The van der Waals surface area contributed by atoms with Crippen molar-refractivity contribution in [3.05, 3.63) is 0 Å². The van der Waals surface area contributed by atoms with Gasteiger partial charge in [-0.05, 0) is 20.8 Å². The molecule has 0 amide bonds. The Kier molecular flexibility index (Phi) is 7.37. The molecular weight excluding hydrogens is 258 g/mol. The first-order valence-electron chi connectivity index (χ1n) is 5.72. The van der Waals surface area contributed by atoms with Crippen LogP contribution in [-0.2, 0) is 19.6 Å². The average molecular weight is 281 g/mol. The van der Waals surface area contributed by atoms with Gasteiger partial charge in [0.05, 0.1) is 5.75 Å². The fraction of sp³-hybridized carbons (Fsp3) is 0.900. The highest BCUT2D eigenvalue weighted by Crippen LogP contribution is 2.02. The van der Waals surface area contributed by atoms with Crippen LogP contribution in [0.5, 0.6) is 0 Å². The van der Waals surface area contributed by atoms with Crippen molar-refractivity contribution in [2.75, 3.05) is 25.4 Å². The number of nitrogens with one attached hydrogen (secondary N) is 2. The van der Waals surface area contributed by atoms with E-state index < -0.39 is 10.0 Å². The molecule has 0 saturated carbocycles. The molecule has 0 aromatic heterocycles. The molecule has 0 aromatic rings. The highest BCUT2D eigenvalue weighted by atomic mass is 32.2. The van der Waals surface area contributed by atoms with Crippen LogP contribution >= 0.6 is 0 Å². The van der Waals surface area contributed by atoms with Crippen molar-refractivity contribution in [1.82, 2.24) is 10.0 Å². The van der Waals surface area contributed by atoms with Crippen LogP contribution in [0.4, 0.5) is 0 Å². The van der Waals surface area contributed by atoms with Crippen LogP contribution in [0.25, 0.3) is 0 Å². The summed E-state index contributed by atoms with van der Waals surface area (Å²) in [5.74, 6) is 0.0174. The first kappa shape index (κ1) is 17.3. The third kappa shape index (κ3) is 9.34.